The second kappa shape index (κ2) is 9.19. The van der Waals surface area contributed by atoms with Crippen LogP contribution in [0.2, 0.25) is 5.02 Å². The Bertz CT molecular complexity index is 492. The van der Waals surface area contributed by atoms with Crippen LogP contribution in [0.25, 0.3) is 0 Å². The van der Waals surface area contributed by atoms with Gasteiger partial charge in [-0.15, -0.1) is 0 Å². The minimum absolute atomic E-state index is 0.355. The molecule has 1 aromatic rings. The van der Waals surface area contributed by atoms with Crippen LogP contribution in [0.1, 0.15) is 26.7 Å². The molecule has 0 spiro atoms. The zero-order valence-electron chi connectivity index (χ0n) is 12.2. The van der Waals surface area contributed by atoms with Gasteiger partial charge >= 0.3 is 11.9 Å². The molecule has 1 rings (SSSR count). The number of rotatable bonds is 7. The fourth-order valence-electron chi connectivity index (χ4n) is 1.50. The van der Waals surface area contributed by atoms with Crippen LogP contribution in [0.4, 0.5) is 0 Å². The maximum atomic E-state index is 11.5. The lowest BCUT2D eigenvalue weighted by Gasteiger charge is -2.04. The molecule has 0 saturated carbocycles. The van der Waals surface area contributed by atoms with E-state index in [-0.39, 0.29) is 0 Å². The average molecular weight is 311 g/mol. The maximum absolute atomic E-state index is 11.5. The van der Waals surface area contributed by atoms with E-state index in [0.717, 1.165) is 25.0 Å². The van der Waals surface area contributed by atoms with Crippen LogP contribution in [0.5, 0.6) is 5.75 Å². The summed E-state index contributed by atoms with van der Waals surface area (Å²) < 4.78 is 9.94. The van der Waals surface area contributed by atoms with Crippen molar-refractivity contribution in [2.75, 3.05) is 6.61 Å². The number of ether oxygens (including phenoxy) is 2. The molecule has 0 aliphatic heterocycles. The summed E-state index contributed by atoms with van der Waals surface area (Å²) in [6.45, 7) is 4.57. The molecule has 0 atom stereocenters. The van der Waals surface area contributed by atoms with Gasteiger partial charge in [0, 0.05) is 17.2 Å². The van der Waals surface area contributed by atoms with Gasteiger partial charge in [0.2, 0.25) is 0 Å². The fraction of sp³-hybridized carbons (Fsp3) is 0.375. The summed E-state index contributed by atoms with van der Waals surface area (Å²) in [6.07, 6.45) is 3.91. The number of benzene rings is 1. The highest BCUT2D eigenvalue weighted by Crippen LogP contribution is 2.15. The van der Waals surface area contributed by atoms with E-state index < -0.39 is 11.9 Å². The molecular weight excluding hydrogens is 292 g/mol. The van der Waals surface area contributed by atoms with Crippen LogP contribution in [-0.4, -0.2) is 18.5 Å². The molecule has 0 aromatic heterocycles. The summed E-state index contributed by atoms with van der Waals surface area (Å²) in [5.74, 6) is -0.254. The Hall–Kier alpha value is -1.81. The van der Waals surface area contributed by atoms with E-state index in [1.807, 2.05) is 0 Å². The third kappa shape index (κ3) is 8.15. The van der Waals surface area contributed by atoms with Gasteiger partial charge in [-0.05, 0) is 43.0 Å². The second-order valence-electron chi connectivity index (χ2n) is 4.91. The van der Waals surface area contributed by atoms with Gasteiger partial charge in [-0.2, -0.15) is 0 Å². The van der Waals surface area contributed by atoms with Crippen LogP contribution in [0.15, 0.2) is 36.4 Å². The average Bonchev–Trinajstić information content (AvgIpc) is 2.44. The van der Waals surface area contributed by atoms with Gasteiger partial charge in [-0.25, -0.2) is 9.59 Å². The van der Waals surface area contributed by atoms with Crippen LogP contribution in [0, 0.1) is 5.92 Å². The minimum Gasteiger partial charge on any atom is -0.463 e. The van der Waals surface area contributed by atoms with Crippen molar-refractivity contribution in [2.45, 2.75) is 26.7 Å². The van der Waals surface area contributed by atoms with Gasteiger partial charge in [0.05, 0.1) is 6.61 Å². The van der Waals surface area contributed by atoms with Crippen molar-refractivity contribution < 1.29 is 19.1 Å². The Morgan fingerprint density at radius 1 is 1.14 bits per heavy atom. The lowest BCUT2D eigenvalue weighted by atomic mass is 10.1. The SMILES string of the molecule is CC(C)CCCOC(=O)/C=C/C(=O)Oc1ccc(Cl)cc1. The van der Waals surface area contributed by atoms with Crippen molar-refractivity contribution in [3.8, 4) is 5.75 Å². The molecule has 0 aliphatic carbocycles. The van der Waals surface area contributed by atoms with Gasteiger partial charge in [0.1, 0.15) is 5.75 Å². The molecule has 21 heavy (non-hydrogen) atoms. The quantitative estimate of drug-likeness (QED) is 0.333. The second-order valence-corrected chi connectivity index (χ2v) is 5.35. The highest BCUT2D eigenvalue weighted by molar-refractivity contribution is 6.30. The summed E-state index contributed by atoms with van der Waals surface area (Å²) >= 11 is 5.72. The summed E-state index contributed by atoms with van der Waals surface area (Å²) in [5.41, 5.74) is 0. The maximum Gasteiger partial charge on any atom is 0.336 e. The number of hydrogen-bond acceptors (Lipinski definition) is 4. The van der Waals surface area contributed by atoms with E-state index in [4.69, 9.17) is 21.1 Å². The standard InChI is InChI=1S/C16H19ClO4/c1-12(2)4-3-11-20-15(18)9-10-16(19)21-14-7-5-13(17)6-8-14/h5-10,12H,3-4,11H2,1-2H3/b10-9+. The van der Waals surface area contributed by atoms with Crippen molar-refractivity contribution in [3.63, 3.8) is 0 Å². The predicted octanol–water partition coefficient (Wildman–Crippen LogP) is 3.78. The molecule has 4 nitrogen and oxygen atoms in total. The van der Waals surface area contributed by atoms with Gasteiger partial charge in [-0.3, -0.25) is 0 Å². The lowest BCUT2D eigenvalue weighted by molar-refractivity contribution is -0.138. The van der Waals surface area contributed by atoms with E-state index in [0.29, 0.717) is 23.3 Å². The largest absolute Gasteiger partial charge is 0.463 e. The van der Waals surface area contributed by atoms with E-state index in [1.165, 1.54) is 0 Å². The highest BCUT2D eigenvalue weighted by Gasteiger charge is 2.03. The molecule has 0 amide bonds. The number of carbonyl (C=O) groups is 2. The first-order chi connectivity index (χ1) is 9.97. The van der Waals surface area contributed by atoms with Gasteiger partial charge < -0.3 is 9.47 Å². The molecule has 0 bridgehead atoms. The third-order valence-corrected chi connectivity index (χ3v) is 2.81. The first-order valence-electron chi connectivity index (χ1n) is 6.79. The number of esters is 2. The molecule has 1 aromatic carbocycles. The molecule has 0 aliphatic rings. The summed E-state index contributed by atoms with van der Waals surface area (Å²) in [7, 11) is 0. The van der Waals surface area contributed by atoms with E-state index in [2.05, 4.69) is 13.8 Å². The molecular formula is C16H19ClO4. The van der Waals surface area contributed by atoms with Crippen LogP contribution in [0.3, 0.4) is 0 Å². The topological polar surface area (TPSA) is 52.6 Å². The van der Waals surface area contributed by atoms with Crippen molar-refractivity contribution in [2.24, 2.45) is 5.92 Å². The Morgan fingerprint density at radius 3 is 2.38 bits per heavy atom. The third-order valence-electron chi connectivity index (χ3n) is 2.56. The normalized spacial score (nSPS) is 10.9. The van der Waals surface area contributed by atoms with Crippen molar-refractivity contribution in [1.82, 2.24) is 0 Å². The molecule has 0 heterocycles. The molecule has 0 N–H and O–H groups in total. The monoisotopic (exact) mass is 310 g/mol. The number of hydrogen-bond donors (Lipinski definition) is 0. The molecule has 0 saturated heterocycles. The summed E-state index contributed by atoms with van der Waals surface area (Å²) in [5, 5.41) is 0.551. The molecule has 0 unspecified atom stereocenters. The lowest BCUT2D eigenvalue weighted by Crippen LogP contribution is -2.07. The summed E-state index contributed by atoms with van der Waals surface area (Å²) in [4.78, 5) is 22.8. The first-order valence-corrected chi connectivity index (χ1v) is 7.17. The van der Waals surface area contributed by atoms with Crippen LogP contribution in [-0.2, 0) is 14.3 Å². The van der Waals surface area contributed by atoms with Crippen LogP contribution >= 0.6 is 11.6 Å². The summed E-state index contributed by atoms with van der Waals surface area (Å²) in [6, 6.07) is 6.35. The van der Waals surface area contributed by atoms with E-state index >= 15 is 0 Å². The van der Waals surface area contributed by atoms with Crippen molar-refractivity contribution >= 4 is 23.5 Å². The highest BCUT2D eigenvalue weighted by atomic mass is 35.5. The Balaban J connectivity index is 2.29. The Morgan fingerprint density at radius 2 is 1.76 bits per heavy atom. The molecule has 0 fully saturated rings. The van der Waals surface area contributed by atoms with E-state index in [1.54, 1.807) is 24.3 Å². The van der Waals surface area contributed by atoms with E-state index in [9.17, 15) is 9.59 Å². The molecule has 0 radical (unpaired) electrons. The Labute approximate surface area is 129 Å². The zero-order valence-corrected chi connectivity index (χ0v) is 12.9. The Kier molecular flexibility index (Phi) is 7.54. The van der Waals surface area contributed by atoms with Crippen molar-refractivity contribution in [1.29, 1.82) is 0 Å². The van der Waals surface area contributed by atoms with Gasteiger partial charge in [0.25, 0.3) is 0 Å². The minimum atomic E-state index is -0.642. The first kappa shape index (κ1) is 17.2. The van der Waals surface area contributed by atoms with Gasteiger partial charge in [-0.1, -0.05) is 25.4 Å². The fourth-order valence-corrected chi connectivity index (χ4v) is 1.63. The van der Waals surface area contributed by atoms with Gasteiger partial charge in [0.15, 0.2) is 0 Å². The molecule has 114 valence electrons. The number of halogens is 1. The smallest absolute Gasteiger partial charge is 0.336 e. The predicted molar refractivity (Wildman–Crippen MR) is 81.3 cm³/mol. The van der Waals surface area contributed by atoms with Crippen molar-refractivity contribution in [3.05, 3.63) is 41.4 Å². The number of carbonyl (C=O) groups excluding carboxylic acids is 2. The molecule has 5 heteroatoms. The zero-order chi connectivity index (χ0) is 15.7. The van der Waals surface area contributed by atoms with Crippen LogP contribution < -0.4 is 4.74 Å².